The van der Waals surface area contributed by atoms with Crippen molar-refractivity contribution in [3.8, 4) is 0 Å². The van der Waals surface area contributed by atoms with Crippen molar-refractivity contribution in [3.05, 3.63) is 53.6 Å². The first-order chi connectivity index (χ1) is 12.3. The minimum atomic E-state index is -0.0491. The van der Waals surface area contributed by atoms with E-state index < -0.39 is 0 Å². The summed E-state index contributed by atoms with van der Waals surface area (Å²) in [5.41, 5.74) is 2.48. The molecule has 0 radical (unpaired) electrons. The molecule has 0 saturated carbocycles. The van der Waals surface area contributed by atoms with Crippen molar-refractivity contribution in [2.45, 2.75) is 39.9 Å². The number of carbonyl (C=O) groups is 1. The maximum Gasteiger partial charge on any atom is 0.318 e. The smallest absolute Gasteiger partial charge is 0.318 e. The molecule has 142 valence electrons. The van der Waals surface area contributed by atoms with E-state index in [4.69, 9.17) is 0 Å². The summed E-state index contributed by atoms with van der Waals surface area (Å²) in [6.07, 6.45) is 3.78. The molecule has 2 amide bonds. The lowest BCUT2D eigenvalue weighted by molar-refractivity contribution is 0.184. The number of aryl methyl sites for hydroxylation is 1. The van der Waals surface area contributed by atoms with Crippen LogP contribution in [0.3, 0.4) is 0 Å². The minimum Gasteiger partial charge on any atom is -0.336 e. The highest BCUT2D eigenvalue weighted by atomic mass is 16.2. The van der Waals surface area contributed by atoms with Gasteiger partial charge in [0.15, 0.2) is 0 Å². The van der Waals surface area contributed by atoms with Crippen LogP contribution in [0.15, 0.2) is 36.7 Å². The average Bonchev–Trinajstić information content (AvgIpc) is 2.97. The van der Waals surface area contributed by atoms with Crippen molar-refractivity contribution < 1.29 is 4.79 Å². The molecule has 0 aliphatic rings. The number of aromatic nitrogens is 2. The van der Waals surface area contributed by atoms with E-state index in [1.165, 1.54) is 11.1 Å². The van der Waals surface area contributed by atoms with E-state index in [-0.39, 0.29) is 12.1 Å². The number of likely N-dealkylation sites (N-methyl/N-ethyl adjacent to an activating group) is 1. The Kier molecular flexibility index (Phi) is 7.21. The number of benzene rings is 1. The van der Waals surface area contributed by atoms with Crippen molar-refractivity contribution in [2.24, 2.45) is 0 Å². The molecule has 26 heavy (non-hydrogen) atoms. The van der Waals surface area contributed by atoms with Crippen LogP contribution in [0.2, 0.25) is 0 Å². The van der Waals surface area contributed by atoms with Gasteiger partial charge in [0, 0.05) is 38.1 Å². The molecule has 0 saturated heterocycles. The molecule has 6 heteroatoms. The number of rotatable bonds is 8. The molecule has 2 aromatic rings. The highest BCUT2D eigenvalue weighted by Crippen LogP contribution is 2.10. The summed E-state index contributed by atoms with van der Waals surface area (Å²) in [7, 11) is 4.02. The number of hydrogen-bond donors (Lipinski definition) is 1. The summed E-state index contributed by atoms with van der Waals surface area (Å²) in [5.74, 6) is 0.893. The van der Waals surface area contributed by atoms with Gasteiger partial charge in [0.2, 0.25) is 0 Å². The number of nitrogens with one attached hydrogen (secondary N) is 1. The third-order valence-corrected chi connectivity index (χ3v) is 4.09. The van der Waals surface area contributed by atoms with Crippen LogP contribution in [-0.2, 0) is 13.1 Å². The van der Waals surface area contributed by atoms with Gasteiger partial charge >= 0.3 is 6.03 Å². The fourth-order valence-electron chi connectivity index (χ4n) is 2.72. The number of hydrogen-bond acceptors (Lipinski definition) is 3. The van der Waals surface area contributed by atoms with Gasteiger partial charge in [-0.1, -0.05) is 29.8 Å². The molecule has 0 atom stereocenters. The van der Waals surface area contributed by atoms with Crippen molar-refractivity contribution >= 4 is 6.03 Å². The van der Waals surface area contributed by atoms with Gasteiger partial charge in [0.05, 0.1) is 6.54 Å². The molecule has 6 nitrogen and oxygen atoms in total. The fraction of sp³-hybridized carbons (Fsp3) is 0.500. The van der Waals surface area contributed by atoms with Gasteiger partial charge in [-0.05, 0) is 40.4 Å². The van der Waals surface area contributed by atoms with Crippen LogP contribution in [0, 0.1) is 6.92 Å². The number of amides is 2. The maximum absolute atomic E-state index is 12.6. The zero-order chi connectivity index (χ0) is 19.1. The lowest BCUT2D eigenvalue weighted by atomic mass is 10.1. The van der Waals surface area contributed by atoms with E-state index in [9.17, 15) is 4.79 Å². The molecule has 0 unspecified atom stereocenters. The second-order valence-corrected chi connectivity index (χ2v) is 7.29. The number of urea groups is 1. The van der Waals surface area contributed by atoms with E-state index in [1.54, 1.807) is 6.20 Å². The van der Waals surface area contributed by atoms with Crippen LogP contribution in [0.4, 0.5) is 4.79 Å². The largest absolute Gasteiger partial charge is 0.336 e. The highest BCUT2D eigenvalue weighted by Gasteiger charge is 2.17. The summed E-state index contributed by atoms with van der Waals surface area (Å²) in [6, 6.07) is 8.52. The van der Waals surface area contributed by atoms with Crippen LogP contribution in [0.25, 0.3) is 0 Å². The van der Waals surface area contributed by atoms with Gasteiger partial charge in [0.1, 0.15) is 5.82 Å². The Bertz CT molecular complexity index is 708. The first kappa shape index (κ1) is 20.0. The topological polar surface area (TPSA) is 53.4 Å². The molecule has 0 aliphatic heterocycles. The number of imidazole rings is 1. The van der Waals surface area contributed by atoms with Gasteiger partial charge in [-0.3, -0.25) is 0 Å². The Morgan fingerprint density at radius 2 is 2.04 bits per heavy atom. The molecular formula is C20H31N5O. The summed E-state index contributed by atoms with van der Waals surface area (Å²) < 4.78 is 2.11. The van der Waals surface area contributed by atoms with Crippen LogP contribution in [-0.4, -0.2) is 58.6 Å². The first-order valence-electron chi connectivity index (χ1n) is 9.11. The van der Waals surface area contributed by atoms with Gasteiger partial charge in [-0.25, -0.2) is 9.78 Å². The van der Waals surface area contributed by atoms with E-state index in [1.807, 2.05) is 39.0 Å². The molecule has 0 fully saturated rings. The van der Waals surface area contributed by atoms with E-state index >= 15 is 0 Å². The summed E-state index contributed by atoms with van der Waals surface area (Å²) in [5, 5.41) is 2.99. The SMILES string of the molecule is Cc1cccc(Cn2ccnc2CN(CCN(C)C)C(=O)NC(C)C)c1. The second kappa shape index (κ2) is 9.38. The number of carbonyl (C=O) groups excluding carboxylic acids is 1. The predicted molar refractivity (Wildman–Crippen MR) is 105 cm³/mol. The van der Waals surface area contributed by atoms with Crippen LogP contribution < -0.4 is 5.32 Å². The van der Waals surface area contributed by atoms with Crippen LogP contribution >= 0.6 is 0 Å². The van der Waals surface area contributed by atoms with Crippen molar-refractivity contribution in [1.82, 2.24) is 24.7 Å². The lowest BCUT2D eigenvalue weighted by Gasteiger charge is -2.26. The first-order valence-corrected chi connectivity index (χ1v) is 9.11. The Balaban J connectivity index is 2.12. The molecule has 1 aromatic carbocycles. The standard InChI is InChI=1S/C20H31N5O/c1-16(2)22-20(26)25(12-11-23(4)5)15-19-21-9-10-24(19)14-18-8-6-7-17(3)13-18/h6-10,13,16H,11-12,14-15H2,1-5H3,(H,22,26). The average molecular weight is 358 g/mol. The molecular weight excluding hydrogens is 326 g/mol. The summed E-state index contributed by atoms with van der Waals surface area (Å²) >= 11 is 0. The third-order valence-electron chi connectivity index (χ3n) is 4.09. The van der Waals surface area contributed by atoms with E-state index in [0.29, 0.717) is 13.1 Å². The Labute approximate surface area is 156 Å². The predicted octanol–water partition coefficient (Wildman–Crippen LogP) is 2.72. The monoisotopic (exact) mass is 357 g/mol. The van der Waals surface area contributed by atoms with Crippen molar-refractivity contribution in [3.63, 3.8) is 0 Å². The van der Waals surface area contributed by atoms with Crippen LogP contribution in [0.5, 0.6) is 0 Å². The van der Waals surface area contributed by atoms with Gasteiger partial charge in [-0.2, -0.15) is 0 Å². The molecule has 0 spiro atoms. The Morgan fingerprint density at radius 1 is 1.27 bits per heavy atom. The second-order valence-electron chi connectivity index (χ2n) is 7.29. The molecule has 0 bridgehead atoms. The maximum atomic E-state index is 12.6. The summed E-state index contributed by atoms with van der Waals surface area (Å²) in [4.78, 5) is 21.0. The quantitative estimate of drug-likeness (QED) is 0.790. The fourth-order valence-corrected chi connectivity index (χ4v) is 2.72. The van der Waals surface area contributed by atoms with Crippen molar-refractivity contribution in [1.29, 1.82) is 0 Å². The van der Waals surface area contributed by atoms with E-state index in [0.717, 1.165) is 18.9 Å². The zero-order valence-electron chi connectivity index (χ0n) is 16.6. The third kappa shape index (κ3) is 6.19. The molecule has 0 aliphatic carbocycles. The van der Waals surface area contributed by atoms with Gasteiger partial charge < -0.3 is 19.7 Å². The molecule has 1 N–H and O–H groups in total. The normalized spacial score (nSPS) is 11.2. The zero-order valence-corrected chi connectivity index (χ0v) is 16.6. The molecule has 1 heterocycles. The molecule has 1 aromatic heterocycles. The summed E-state index contributed by atoms with van der Waals surface area (Å²) in [6.45, 7) is 8.75. The molecule has 2 rings (SSSR count). The van der Waals surface area contributed by atoms with Crippen LogP contribution in [0.1, 0.15) is 30.8 Å². The lowest BCUT2D eigenvalue weighted by Crippen LogP contribution is -2.45. The Hall–Kier alpha value is -2.34. The van der Waals surface area contributed by atoms with Gasteiger partial charge in [-0.15, -0.1) is 0 Å². The van der Waals surface area contributed by atoms with E-state index in [2.05, 4.69) is 51.0 Å². The van der Waals surface area contributed by atoms with Crippen molar-refractivity contribution in [2.75, 3.05) is 27.2 Å². The Morgan fingerprint density at radius 3 is 2.69 bits per heavy atom. The highest BCUT2D eigenvalue weighted by molar-refractivity contribution is 5.74. The number of nitrogens with zero attached hydrogens (tertiary/aromatic N) is 4. The minimum absolute atomic E-state index is 0.0491. The van der Waals surface area contributed by atoms with Gasteiger partial charge in [0.25, 0.3) is 0 Å².